The second-order valence-corrected chi connectivity index (χ2v) is 9.89. The quantitative estimate of drug-likeness (QED) is 0.282. The Hall–Kier alpha value is -3.56. The first-order valence-electron chi connectivity index (χ1n) is 11.7. The Labute approximate surface area is 227 Å². The van der Waals surface area contributed by atoms with Crippen LogP contribution in [0.1, 0.15) is 35.3 Å². The number of benzene rings is 3. The van der Waals surface area contributed by atoms with Crippen molar-refractivity contribution >= 4 is 56.5 Å². The molecule has 1 N–H and O–H groups in total. The number of amidine groups is 1. The molecule has 3 aromatic rings. The molecule has 9 heteroatoms. The molecule has 1 heterocycles. The van der Waals surface area contributed by atoms with Crippen LogP contribution in [0.3, 0.4) is 0 Å². The molecule has 0 bridgehead atoms. The Morgan fingerprint density at radius 1 is 1.03 bits per heavy atom. The van der Waals surface area contributed by atoms with Crippen LogP contribution >= 0.6 is 27.7 Å². The average Bonchev–Trinajstić information content (AvgIpc) is 3.18. The van der Waals surface area contributed by atoms with Gasteiger partial charge in [0.25, 0.3) is 5.91 Å². The van der Waals surface area contributed by atoms with Crippen molar-refractivity contribution in [2.45, 2.75) is 20.5 Å². The molecule has 1 fully saturated rings. The monoisotopic (exact) mass is 580 g/mol. The van der Waals surface area contributed by atoms with Crippen LogP contribution in [0.15, 0.2) is 81.1 Å². The van der Waals surface area contributed by atoms with Crippen molar-refractivity contribution in [2.75, 3.05) is 13.2 Å². The van der Waals surface area contributed by atoms with Gasteiger partial charge in [0.15, 0.2) is 16.7 Å². The van der Waals surface area contributed by atoms with Gasteiger partial charge >= 0.3 is 5.97 Å². The molecule has 37 heavy (non-hydrogen) atoms. The first-order valence-corrected chi connectivity index (χ1v) is 13.3. The number of carbonyl (C=O) groups excluding carboxylic acids is 1. The lowest BCUT2D eigenvalue weighted by atomic mass is 10.1. The highest BCUT2D eigenvalue weighted by Gasteiger charge is 2.32. The summed E-state index contributed by atoms with van der Waals surface area (Å²) in [7, 11) is 0. The predicted octanol–water partition coefficient (Wildman–Crippen LogP) is 6.75. The Morgan fingerprint density at radius 2 is 1.76 bits per heavy atom. The summed E-state index contributed by atoms with van der Waals surface area (Å²) in [5.41, 5.74) is 2.60. The summed E-state index contributed by atoms with van der Waals surface area (Å²) in [5.74, 6) is 0.0897. The van der Waals surface area contributed by atoms with Crippen LogP contribution in [0.5, 0.6) is 11.5 Å². The Morgan fingerprint density at radius 3 is 2.41 bits per heavy atom. The van der Waals surface area contributed by atoms with E-state index in [-0.39, 0.29) is 11.5 Å². The number of carboxylic acid groups (broad SMARTS) is 1. The smallest absolute Gasteiger partial charge is 0.335 e. The lowest BCUT2D eigenvalue weighted by Gasteiger charge is -2.13. The predicted molar refractivity (Wildman–Crippen MR) is 150 cm³/mol. The number of carboxylic acids is 1. The van der Waals surface area contributed by atoms with E-state index in [2.05, 4.69) is 20.9 Å². The normalized spacial score (nSPS) is 15.4. The zero-order valence-electron chi connectivity index (χ0n) is 20.3. The van der Waals surface area contributed by atoms with E-state index in [0.717, 1.165) is 15.6 Å². The third-order valence-electron chi connectivity index (χ3n) is 5.42. The van der Waals surface area contributed by atoms with Crippen molar-refractivity contribution in [1.29, 1.82) is 0 Å². The highest BCUT2D eigenvalue weighted by atomic mass is 79.9. The van der Waals surface area contributed by atoms with E-state index in [4.69, 9.17) is 14.6 Å². The summed E-state index contributed by atoms with van der Waals surface area (Å²) < 4.78 is 12.8. The van der Waals surface area contributed by atoms with Crippen LogP contribution in [0.2, 0.25) is 0 Å². The SMILES string of the molecule is CCOc1cc(/C=C2/SC(=Nc3ccc(C(=O)O)cc3)N(CC)C2=O)ccc1OCc1ccc(Br)cc1. The number of thioether (sulfide) groups is 1. The van der Waals surface area contributed by atoms with E-state index >= 15 is 0 Å². The number of nitrogens with zero attached hydrogens (tertiary/aromatic N) is 2. The lowest BCUT2D eigenvalue weighted by Crippen LogP contribution is -2.28. The van der Waals surface area contributed by atoms with Gasteiger partial charge in [-0.2, -0.15) is 0 Å². The minimum absolute atomic E-state index is 0.137. The van der Waals surface area contributed by atoms with Crippen molar-refractivity contribution in [1.82, 2.24) is 4.90 Å². The van der Waals surface area contributed by atoms with E-state index in [1.807, 2.05) is 62.4 Å². The van der Waals surface area contributed by atoms with Gasteiger partial charge in [-0.15, -0.1) is 0 Å². The number of halogens is 1. The zero-order chi connectivity index (χ0) is 26.4. The molecule has 0 aliphatic carbocycles. The van der Waals surface area contributed by atoms with Gasteiger partial charge in [0.05, 0.1) is 22.8 Å². The zero-order valence-corrected chi connectivity index (χ0v) is 22.7. The number of aliphatic imine (C=N–C) groups is 1. The number of hydrogen-bond donors (Lipinski definition) is 1. The fraction of sp³-hybridized carbons (Fsp3) is 0.179. The third kappa shape index (κ3) is 6.61. The number of rotatable bonds is 9. The van der Waals surface area contributed by atoms with Crippen LogP contribution in [-0.4, -0.2) is 40.2 Å². The molecule has 190 valence electrons. The summed E-state index contributed by atoms with van der Waals surface area (Å²) in [4.78, 5) is 30.9. The molecule has 4 rings (SSSR count). The Balaban J connectivity index is 1.55. The van der Waals surface area contributed by atoms with Crippen LogP contribution in [-0.2, 0) is 11.4 Å². The summed E-state index contributed by atoms with van der Waals surface area (Å²) in [5, 5.41) is 9.64. The molecule has 1 saturated heterocycles. The molecule has 1 aliphatic heterocycles. The molecule has 3 aromatic carbocycles. The van der Waals surface area contributed by atoms with Gasteiger partial charge in [-0.3, -0.25) is 9.69 Å². The van der Waals surface area contributed by atoms with E-state index < -0.39 is 5.97 Å². The minimum atomic E-state index is -0.999. The van der Waals surface area contributed by atoms with E-state index in [0.29, 0.717) is 47.0 Å². The van der Waals surface area contributed by atoms with Gasteiger partial charge in [0, 0.05) is 11.0 Å². The van der Waals surface area contributed by atoms with Crippen LogP contribution in [0.25, 0.3) is 6.08 Å². The molecule has 0 atom stereocenters. The first kappa shape index (κ1) is 26.5. The van der Waals surface area contributed by atoms with Gasteiger partial charge in [-0.25, -0.2) is 9.79 Å². The first-order chi connectivity index (χ1) is 17.9. The average molecular weight is 581 g/mol. The topological polar surface area (TPSA) is 88.4 Å². The third-order valence-corrected chi connectivity index (χ3v) is 6.95. The number of amides is 1. The summed E-state index contributed by atoms with van der Waals surface area (Å²) in [6.45, 7) is 5.13. The maximum Gasteiger partial charge on any atom is 0.335 e. The standard InChI is InChI=1S/C28H25BrN2O5S/c1-3-31-26(32)25(37-28(31)30-22-12-8-20(9-13-22)27(33)34)16-19-7-14-23(24(15-19)35-4-2)36-17-18-5-10-21(29)11-6-18/h5-16H,3-4,17H2,1-2H3,(H,33,34)/b25-16+,30-28?. The molecule has 0 aromatic heterocycles. The molecule has 0 radical (unpaired) electrons. The van der Waals surface area contributed by atoms with E-state index in [9.17, 15) is 9.59 Å². The number of hydrogen-bond acceptors (Lipinski definition) is 6. The number of aromatic carboxylic acids is 1. The van der Waals surface area contributed by atoms with Gasteiger partial charge in [0.2, 0.25) is 0 Å². The van der Waals surface area contributed by atoms with Crippen LogP contribution < -0.4 is 9.47 Å². The Bertz CT molecular complexity index is 1350. The molecule has 0 saturated carbocycles. The van der Waals surface area contributed by atoms with Crippen molar-refractivity contribution in [3.63, 3.8) is 0 Å². The molecule has 0 spiro atoms. The molecule has 7 nitrogen and oxygen atoms in total. The highest BCUT2D eigenvalue weighted by molar-refractivity contribution is 9.10. The van der Waals surface area contributed by atoms with E-state index in [1.165, 1.54) is 23.9 Å². The minimum Gasteiger partial charge on any atom is -0.490 e. The molecular weight excluding hydrogens is 556 g/mol. The number of likely N-dealkylation sites (N-methyl/N-ethyl adjacent to an activating group) is 1. The van der Waals surface area contributed by atoms with Gasteiger partial charge < -0.3 is 14.6 Å². The molecule has 1 aliphatic rings. The second-order valence-electron chi connectivity index (χ2n) is 7.96. The largest absolute Gasteiger partial charge is 0.490 e. The summed E-state index contributed by atoms with van der Waals surface area (Å²) >= 11 is 4.71. The summed E-state index contributed by atoms with van der Waals surface area (Å²) in [6.07, 6.45) is 1.81. The van der Waals surface area contributed by atoms with Crippen molar-refractivity contribution in [3.8, 4) is 11.5 Å². The van der Waals surface area contributed by atoms with Gasteiger partial charge in [-0.05, 0) is 91.3 Å². The highest BCUT2D eigenvalue weighted by Crippen LogP contribution is 2.36. The fourth-order valence-corrected chi connectivity index (χ4v) is 4.88. The van der Waals surface area contributed by atoms with Crippen LogP contribution in [0.4, 0.5) is 5.69 Å². The van der Waals surface area contributed by atoms with Crippen molar-refractivity contribution < 1.29 is 24.2 Å². The van der Waals surface area contributed by atoms with Gasteiger partial charge in [0.1, 0.15) is 6.61 Å². The lowest BCUT2D eigenvalue weighted by molar-refractivity contribution is -0.122. The molecular formula is C28H25BrN2O5S. The number of carbonyl (C=O) groups is 2. The maximum atomic E-state index is 13.1. The van der Waals surface area contributed by atoms with Crippen LogP contribution in [0, 0.1) is 0 Å². The van der Waals surface area contributed by atoms with E-state index in [1.54, 1.807) is 17.0 Å². The van der Waals surface area contributed by atoms with Crippen molar-refractivity contribution in [3.05, 3.63) is 92.8 Å². The van der Waals surface area contributed by atoms with Gasteiger partial charge in [-0.1, -0.05) is 34.1 Å². The number of ether oxygens (including phenoxy) is 2. The maximum absolute atomic E-state index is 13.1. The molecule has 1 amide bonds. The van der Waals surface area contributed by atoms with Crippen molar-refractivity contribution in [2.24, 2.45) is 4.99 Å². The second kappa shape index (κ2) is 12.1. The summed E-state index contributed by atoms with van der Waals surface area (Å²) in [6, 6.07) is 19.7. The molecule has 0 unspecified atom stereocenters. The Kier molecular flexibility index (Phi) is 8.68. The fourth-order valence-electron chi connectivity index (χ4n) is 3.55.